The molecule has 5 N–H and O–H groups in total. The Morgan fingerprint density at radius 2 is 1.97 bits per heavy atom. The molecule has 0 atom stereocenters. The molecule has 0 radical (unpaired) electrons. The number of hydrogen-bond acceptors (Lipinski definition) is 8. The lowest BCUT2D eigenvalue weighted by Crippen LogP contribution is -2.11. The number of aryl methyl sites for hydroxylation is 1. The van der Waals surface area contributed by atoms with Crippen LogP contribution in [-0.4, -0.2) is 25.8 Å². The normalized spacial score (nSPS) is 11.2. The number of imidazole rings is 1. The van der Waals surface area contributed by atoms with Gasteiger partial charge in [0.15, 0.2) is 5.82 Å². The van der Waals surface area contributed by atoms with Crippen molar-refractivity contribution in [1.29, 1.82) is 0 Å². The Kier molecular flexibility index (Phi) is 6.72. The van der Waals surface area contributed by atoms with Crippen LogP contribution in [0.25, 0.3) is 21.8 Å². The molecule has 0 spiro atoms. The van der Waals surface area contributed by atoms with Crippen LogP contribution in [0.2, 0.25) is 0 Å². The lowest BCUT2D eigenvalue weighted by Gasteiger charge is -2.09. The number of thiophene rings is 2. The van der Waals surface area contributed by atoms with Crippen LogP contribution in [0, 0.1) is 12.7 Å². The highest BCUT2D eigenvalue weighted by Gasteiger charge is 2.20. The number of benzene rings is 1. The predicted molar refractivity (Wildman–Crippen MR) is 148 cm³/mol. The number of carbonyl (C=O) groups is 1. The zero-order chi connectivity index (χ0) is 26.1. The zero-order valence-electron chi connectivity index (χ0n) is 20.3. The van der Waals surface area contributed by atoms with E-state index in [0.29, 0.717) is 32.8 Å². The maximum Gasteiger partial charge on any atom is 0.265 e. The Balaban J connectivity index is 1.34. The molecule has 5 rings (SSSR count). The molecular weight excluding hydrogens is 509 g/mol. The van der Waals surface area contributed by atoms with Crippen molar-refractivity contribution in [2.24, 2.45) is 0 Å². The number of nitrogens with zero attached hydrogens (tertiary/aromatic N) is 3. The van der Waals surface area contributed by atoms with Crippen molar-refractivity contribution in [3.05, 3.63) is 76.3 Å². The molecule has 5 aromatic rings. The van der Waals surface area contributed by atoms with Crippen LogP contribution < -0.4 is 16.4 Å². The van der Waals surface area contributed by atoms with E-state index in [9.17, 15) is 9.18 Å². The van der Waals surface area contributed by atoms with E-state index in [1.54, 1.807) is 29.5 Å². The molecule has 0 saturated heterocycles. The molecule has 0 saturated carbocycles. The van der Waals surface area contributed by atoms with Gasteiger partial charge in [0.1, 0.15) is 17.2 Å². The molecule has 0 fully saturated rings. The Morgan fingerprint density at radius 3 is 2.73 bits per heavy atom. The van der Waals surface area contributed by atoms with Crippen LogP contribution in [0.4, 0.5) is 26.7 Å². The fourth-order valence-corrected chi connectivity index (χ4v) is 5.30. The molecular formula is C26H24FN7OS2. The second-order valence-electron chi connectivity index (χ2n) is 8.65. The molecule has 188 valence electrons. The average Bonchev–Trinajstić information content (AvgIpc) is 3.63. The van der Waals surface area contributed by atoms with Crippen molar-refractivity contribution in [1.82, 2.24) is 19.9 Å². The number of H-pyrrole nitrogens is 1. The number of anilines is 4. The van der Waals surface area contributed by atoms with E-state index in [1.165, 1.54) is 11.3 Å². The fraction of sp³-hybridized carbons (Fsp3) is 0.154. The first-order chi connectivity index (χ1) is 17.8. The van der Waals surface area contributed by atoms with Gasteiger partial charge in [-0.15, -0.1) is 22.7 Å². The summed E-state index contributed by atoms with van der Waals surface area (Å²) in [6.07, 6.45) is 1.11. The highest BCUT2D eigenvalue weighted by molar-refractivity contribution is 7.18. The number of halogens is 1. The smallest absolute Gasteiger partial charge is 0.265 e. The average molecular weight is 534 g/mol. The number of rotatable bonds is 7. The number of nitrogen functional groups attached to an aromatic ring is 1. The predicted octanol–water partition coefficient (Wildman–Crippen LogP) is 6.81. The fourth-order valence-electron chi connectivity index (χ4n) is 3.78. The molecule has 0 aliphatic rings. The van der Waals surface area contributed by atoms with E-state index in [0.717, 1.165) is 22.3 Å². The summed E-state index contributed by atoms with van der Waals surface area (Å²) in [5.74, 6) is 0.144. The Bertz CT molecular complexity index is 1570. The number of aromatic nitrogens is 4. The number of aromatic amines is 1. The van der Waals surface area contributed by atoms with Crippen LogP contribution in [-0.2, 0) is 0 Å². The van der Waals surface area contributed by atoms with Gasteiger partial charge in [-0.3, -0.25) is 4.79 Å². The third-order valence-electron chi connectivity index (χ3n) is 5.57. The number of nitrogens with two attached hydrogens (primary N) is 1. The van der Waals surface area contributed by atoms with E-state index >= 15 is 0 Å². The summed E-state index contributed by atoms with van der Waals surface area (Å²) < 4.78 is 14.6. The SMILES string of the molecule is Cc1nc(-c2nc(Nc3ccc(C(=O)Nc4cc(-c5cccs5)ccc4N)s3)ncc2F)c(C(C)C)[nH]1. The van der Waals surface area contributed by atoms with Crippen molar-refractivity contribution in [2.45, 2.75) is 26.7 Å². The third-order valence-corrected chi connectivity index (χ3v) is 7.49. The second-order valence-corrected chi connectivity index (χ2v) is 10.7. The summed E-state index contributed by atoms with van der Waals surface area (Å²) in [6.45, 7) is 5.82. The van der Waals surface area contributed by atoms with Gasteiger partial charge in [-0.2, -0.15) is 0 Å². The molecule has 0 aliphatic carbocycles. The first-order valence-corrected chi connectivity index (χ1v) is 13.2. The summed E-state index contributed by atoms with van der Waals surface area (Å²) in [5, 5.41) is 8.58. The van der Waals surface area contributed by atoms with Crippen molar-refractivity contribution in [3.63, 3.8) is 0 Å². The molecule has 1 aromatic carbocycles. The zero-order valence-corrected chi connectivity index (χ0v) is 21.9. The molecule has 37 heavy (non-hydrogen) atoms. The van der Waals surface area contributed by atoms with Gasteiger partial charge < -0.3 is 21.4 Å². The summed E-state index contributed by atoms with van der Waals surface area (Å²) in [7, 11) is 0. The highest BCUT2D eigenvalue weighted by atomic mass is 32.1. The Morgan fingerprint density at radius 1 is 1.14 bits per heavy atom. The minimum Gasteiger partial charge on any atom is -0.397 e. The molecule has 4 heterocycles. The highest BCUT2D eigenvalue weighted by Crippen LogP contribution is 2.32. The lowest BCUT2D eigenvalue weighted by molar-refractivity contribution is 0.103. The number of carbonyl (C=O) groups excluding carboxylic acids is 1. The maximum absolute atomic E-state index is 14.6. The molecule has 4 aromatic heterocycles. The summed E-state index contributed by atoms with van der Waals surface area (Å²) in [5.41, 5.74) is 9.48. The molecule has 8 nitrogen and oxygen atoms in total. The van der Waals surface area contributed by atoms with Crippen LogP contribution in [0.1, 0.15) is 41.0 Å². The monoisotopic (exact) mass is 533 g/mol. The molecule has 0 aliphatic heterocycles. The summed E-state index contributed by atoms with van der Waals surface area (Å²) in [4.78, 5) is 30.5. The minimum atomic E-state index is -0.562. The number of amides is 1. The number of nitrogens with one attached hydrogen (secondary N) is 3. The van der Waals surface area contributed by atoms with Crippen LogP contribution in [0.5, 0.6) is 0 Å². The van der Waals surface area contributed by atoms with Crippen molar-refractivity contribution in [2.75, 3.05) is 16.4 Å². The van der Waals surface area contributed by atoms with Gasteiger partial charge >= 0.3 is 0 Å². The maximum atomic E-state index is 14.6. The first kappa shape index (κ1) is 24.6. The van der Waals surface area contributed by atoms with E-state index < -0.39 is 5.82 Å². The summed E-state index contributed by atoms with van der Waals surface area (Å²) >= 11 is 2.84. The van der Waals surface area contributed by atoms with Crippen LogP contribution in [0.15, 0.2) is 54.0 Å². The third kappa shape index (κ3) is 5.23. The van der Waals surface area contributed by atoms with Gasteiger partial charge in [-0.25, -0.2) is 19.3 Å². The molecule has 0 unspecified atom stereocenters. The van der Waals surface area contributed by atoms with E-state index in [2.05, 4.69) is 30.6 Å². The topological polar surface area (TPSA) is 122 Å². The van der Waals surface area contributed by atoms with E-state index in [-0.39, 0.29) is 23.5 Å². The molecule has 11 heteroatoms. The van der Waals surface area contributed by atoms with Gasteiger partial charge in [0.2, 0.25) is 5.95 Å². The van der Waals surface area contributed by atoms with Crippen molar-refractivity contribution < 1.29 is 9.18 Å². The molecule has 1 amide bonds. The van der Waals surface area contributed by atoms with Gasteiger partial charge in [-0.05, 0) is 54.1 Å². The van der Waals surface area contributed by atoms with Gasteiger partial charge in [0.25, 0.3) is 5.91 Å². The summed E-state index contributed by atoms with van der Waals surface area (Å²) in [6, 6.07) is 13.0. The lowest BCUT2D eigenvalue weighted by atomic mass is 10.1. The quantitative estimate of drug-likeness (QED) is 0.171. The van der Waals surface area contributed by atoms with Gasteiger partial charge in [0, 0.05) is 10.6 Å². The first-order valence-electron chi connectivity index (χ1n) is 11.5. The van der Waals surface area contributed by atoms with Crippen molar-refractivity contribution >= 4 is 50.9 Å². The van der Waals surface area contributed by atoms with Crippen LogP contribution in [0.3, 0.4) is 0 Å². The Labute approximate surface area is 220 Å². The van der Waals surface area contributed by atoms with E-state index in [4.69, 9.17) is 5.73 Å². The largest absolute Gasteiger partial charge is 0.397 e. The second kappa shape index (κ2) is 10.1. The number of hydrogen-bond donors (Lipinski definition) is 4. The Hall–Kier alpha value is -4.09. The van der Waals surface area contributed by atoms with Crippen molar-refractivity contribution in [3.8, 4) is 21.8 Å². The minimum absolute atomic E-state index is 0.111. The van der Waals surface area contributed by atoms with E-state index in [1.807, 2.05) is 50.4 Å². The standard InChI is InChI=1S/C26H24FN7OS2/c1-13(2)22-24(31-14(3)30-22)23-16(27)12-29-26(34-23)33-21-9-8-20(37-21)25(35)32-18-11-15(6-7-17(18)28)19-5-4-10-36-19/h4-13H,28H2,1-3H3,(H,30,31)(H,32,35)(H,29,33,34). The van der Waals surface area contributed by atoms with Crippen LogP contribution >= 0.6 is 22.7 Å². The van der Waals surface area contributed by atoms with Gasteiger partial charge in [0.05, 0.1) is 27.4 Å². The van der Waals surface area contributed by atoms with Gasteiger partial charge in [-0.1, -0.05) is 26.0 Å². The molecule has 0 bridgehead atoms.